The molecule has 96 valence electrons. The van der Waals surface area contributed by atoms with Crippen LogP contribution in [0.15, 0.2) is 28.1 Å². The highest BCUT2D eigenvalue weighted by Crippen LogP contribution is 2.31. The molecule has 1 heterocycles. The zero-order valence-corrected chi connectivity index (χ0v) is 12.9. The van der Waals surface area contributed by atoms with Crippen LogP contribution < -0.4 is 0 Å². The second-order valence-corrected chi connectivity index (χ2v) is 6.12. The Kier molecular flexibility index (Phi) is 4.54. The maximum Gasteiger partial charge on any atom is 0.0986 e. The van der Waals surface area contributed by atoms with Crippen molar-refractivity contribution in [1.82, 2.24) is 4.98 Å². The van der Waals surface area contributed by atoms with Gasteiger partial charge in [-0.05, 0) is 31.0 Å². The SMILES string of the molecule is CCC(CO)c1nc(-c2cc(Br)ccc2C)cs1. The lowest BCUT2D eigenvalue weighted by atomic mass is 10.1. The van der Waals surface area contributed by atoms with Gasteiger partial charge in [0.15, 0.2) is 0 Å². The molecule has 0 amide bonds. The summed E-state index contributed by atoms with van der Waals surface area (Å²) >= 11 is 5.12. The number of aromatic nitrogens is 1. The Hall–Kier alpha value is -0.710. The number of benzene rings is 1. The Morgan fingerprint density at radius 1 is 1.44 bits per heavy atom. The van der Waals surface area contributed by atoms with Gasteiger partial charge in [-0.3, -0.25) is 0 Å². The Balaban J connectivity index is 2.37. The zero-order valence-electron chi connectivity index (χ0n) is 10.5. The molecule has 0 saturated heterocycles. The van der Waals surface area contributed by atoms with Gasteiger partial charge >= 0.3 is 0 Å². The molecule has 0 aliphatic heterocycles. The lowest BCUT2D eigenvalue weighted by Crippen LogP contribution is -2.01. The molecule has 0 spiro atoms. The lowest BCUT2D eigenvalue weighted by molar-refractivity contribution is 0.262. The summed E-state index contributed by atoms with van der Waals surface area (Å²) in [6.07, 6.45) is 0.918. The van der Waals surface area contributed by atoms with E-state index in [2.05, 4.69) is 52.3 Å². The predicted molar refractivity (Wildman–Crippen MR) is 80.1 cm³/mol. The molecule has 0 aliphatic carbocycles. The average molecular weight is 326 g/mol. The summed E-state index contributed by atoms with van der Waals surface area (Å²) in [6, 6.07) is 6.21. The Labute approximate surface area is 120 Å². The van der Waals surface area contributed by atoms with Crippen LogP contribution in [-0.2, 0) is 0 Å². The molecule has 4 heteroatoms. The Morgan fingerprint density at radius 3 is 2.89 bits per heavy atom. The van der Waals surface area contributed by atoms with Gasteiger partial charge in [-0.2, -0.15) is 0 Å². The molecular formula is C14H16BrNOS. The van der Waals surface area contributed by atoms with Crippen LogP contribution in [-0.4, -0.2) is 16.7 Å². The molecule has 0 bridgehead atoms. The number of thiazole rings is 1. The van der Waals surface area contributed by atoms with E-state index in [9.17, 15) is 5.11 Å². The normalized spacial score (nSPS) is 12.7. The number of hydrogen-bond acceptors (Lipinski definition) is 3. The fourth-order valence-electron chi connectivity index (χ4n) is 1.85. The van der Waals surface area contributed by atoms with Crippen molar-refractivity contribution < 1.29 is 5.11 Å². The molecule has 2 aromatic rings. The van der Waals surface area contributed by atoms with Gasteiger partial charge in [0.1, 0.15) is 0 Å². The molecular weight excluding hydrogens is 310 g/mol. The van der Waals surface area contributed by atoms with E-state index in [1.165, 1.54) is 5.56 Å². The number of hydrogen-bond donors (Lipinski definition) is 1. The Morgan fingerprint density at radius 2 is 2.22 bits per heavy atom. The smallest absolute Gasteiger partial charge is 0.0986 e. The third-order valence-corrected chi connectivity index (χ3v) is 4.56. The van der Waals surface area contributed by atoms with Crippen LogP contribution in [0.25, 0.3) is 11.3 Å². The molecule has 1 unspecified atom stereocenters. The molecule has 0 radical (unpaired) electrons. The molecule has 0 aliphatic rings. The number of halogens is 1. The highest BCUT2D eigenvalue weighted by molar-refractivity contribution is 9.10. The number of aryl methyl sites for hydroxylation is 1. The van der Waals surface area contributed by atoms with Crippen molar-refractivity contribution in [3.8, 4) is 11.3 Å². The standard InChI is InChI=1S/C14H16BrNOS/c1-3-10(7-17)14-16-13(8-18-14)12-6-11(15)5-4-9(12)2/h4-6,8,10,17H,3,7H2,1-2H3. The van der Waals surface area contributed by atoms with Crippen molar-refractivity contribution in [2.75, 3.05) is 6.61 Å². The van der Waals surface area contributed by atoms with Crippen LogP contribution >= 0.6 is 27.3 Å². The van der Waals surface area contributed by atoms with Gasteiger partial charge in [0.2, 0.25) is 0 Å². The summed E-state index contributed by atoms with van der Waals surface area (Å²) in [7, 11) is 0. The number of rotatable bonds is 4. The molecule has 1 aromatic carbocycles. The summed E-state index contributed by atoms with van der Waals surface area (Å²) < 4.78 is 1.06. The Bertz CT molecular complexity index is 534. The van der Waals surface area contributed by atoms with Crippen molar-refractivity contribution in [1.29, 1.82) is 0 Å². The largest absolute Gasteiger partial charge is 0.396 e. The van der Waals surface area contributed by atoms with Crippen LogP contribution in [0.1, 0.15) is 29.8 Å². The van der Waals surface area contributed by atoms with Gasteiger partial charge in [-0.1, -0.05) is 28.9 Å². The molecule has 1 aromatic heterocycles. The van der Waals surface area contributed by atoms with Crippen LogP contribution in [0.2, 0.25) is 0 Å². The second-order valence-electron chi connectivity index (χ2n) is 4.32. The lowest BCUT2D eigenvalue weighted by Gasteiger charge is -2.07. The predicted octanol–water partition coefficient (Wildman–Crippen LogP) is 4.37. The van der Waals surface area contributed by atoms with Crippen molar-refractivity contribution >= 4 is 27.3 Å². The molecule has 2 rings (SSSR count). The van der Waals surface area contributed by atoms with E-state index >= 15 is 0 Å². The minimum Gasteiger partial charge on any atom is -0.396 e. The highest BCUT2D eigenvalue weighted by atomic mass is 79.9. The quantitative estimate of drug-likeness (QED) is 0.905. The summed E-state index contributed by atoms with van der Waals surface area (Å²) in [4.78, 5) is 4.66. The summed E-state index contributed by atoms with van der Waals surface area (Å²) in [6.45, 7) is 4.33. The maximum absolute atomic E-state index is 9.32. The van der Waals surface area contributed by atoms with Crippen molar-refractivity contribution in [2.45, 2.75) is 26.2 Å². The van der Waals surface area contributed by atoms with Gasteiger partial charge < -0.3 is 5.11 Å². The van der Waals surface area contributed by atoms with Gasteiger partial charge in [0.25, 0.3) is 0 Å². The van der Waals surface area contributed by atoms with Crippen molar-refractivity contribution in [2.24, 2.45) is 0 Å². The van der Waals surface area contributed by atoms with Gasteiger partial charge in [0.05, 0.1) is 17.3 Å². The number of aliphatic hydroxyl groups excluding tert-OH is 1. The van der Waals surface area contributed by atoms with Crippen LogP contribution in [0, 0.1) is 6.92 Å². The third-order valence-electron chi connectivity index (χ3n) is 3.06. The van der Waals surface area contributed by atoms with E-state index in [1.807, 2.05) is 6.07 Å². The molecule has 1 atom stereocenters. The fraction of sp³-hybridized carbons (Fsp3) is 0.357. The monoisotopic (exact) mass is 325 g/mol. The van der Waals surface area contributed by atoms with Crippen LogP contribution in [0.4, 0.5) is 0 Å². The molecule has 2 nitrogen and oxygen atoms in total. The van der Waals surface area contributed by atoms with E-state index < -0.39 is 0 Å². The van der Waals surface area contributed by atoms with E-state index in [4.69, 9.17) is 0 Å². The van der Waals surface area contributed by atoms with Gasteiger partial charge in [0, 0.05) is 21.3 Å². The third kappa shape index (κ3) is 2.82. The van der Waals surface area contributed by atoms with Crippen LogP contribution in [0.5, 0.6) is 0 Å². The van der Waals surface area contributed by atoms with Crippen molar-refractivity contribution in [3.05, 3.63) is 38.6 Å². The first kappa shape index (κ1) is 13.7. The van der Waals surface area contributed by atoms with Crippen LogP contribution in [0.3, 0.4) is 0 Å². The molecule has 18 heavy (non-hydrogen) atoms. The first-order chi connectivity index (χ1) is 8.65. The number of nitrogens with zero attached hydrogens (tertiary/aromatic N) is 1. The first-order valence-electron chi connectivity index (χ1n) is 5.98. The minimum absolute atomic E-state index is 0.163. The fourth-order valence-corrected chi connectivity index (χ4v) is 3.21. The molecule has 0 fully saturated rings. The highest BCUT2D eigenvalue weighted by Gasteiger charge is 2.14. The average Bonchev–Trinajstić information content (AvgIpc) is 2.83. The molecule has 0 saturated carbocycles. The maximum atomic E-state index is 9.32. The molecule has 1 N–H and O–H groups in total. The van der Waals surface area contributed by atoms with Gasteiger partial charge in [-0.25, -0.2) is 4.98 Å². The van der Waals surface area contributed by atoms with E-state index in [1.54, 1.807) is 11.3 Å². The van der Waals surface area contributed by atoms with E-state index in [0.29, 0.717) is 0 Å². The van der Waals surface area contributed by atoms with E-state index in [0.717, 1.165) is 27.2 Å². The zero-order chi connectivity index (χ0) is 13.1. The number of aliphatic hydroxyl groups is 1. The summed E-state index contributed by atoms with van der Waals surface area (Å²) in [5.74, 6) is 0.163. The first-order valence-corrected chi connectivity index (χ1v) is 7.65. The second kappa shape index (κ2) is 5.95. The van der Waals surface area contributed by atoms with E-state index in [-0.39, 0.29) is 12.5 Å². The van der Waals surface area contributed by atoms with Gasteiger partial charge in [-0.15, -0.1) is 11.3 Å². The topological polar surface area (TPSA) is 33.1 Å². The summed E-state index contributed by atoms with van der Waals surface area (Å²) in [5, 5.41) is 12.4. The van der Waals surface area contributed by atoms with Crippen molar-refractivity contribution in [3.63, 3.8) is 0 Å². The summed E-state index contributed by atoms with van der Waals surface area (Å²) in [5.41, 5.74) is 3.37. The minimum atomic E-state index is 0.163.